The number of fused-ring (bicyclic) bond motifs is 3. The van der Waals surface area contributed by atoms with E-state index < -0.39 is 53.0 Å². The fourth-order valence-corrected chi connectivity index (χ4v) is 8.79. The molecule has 16 heteroatoms. The van der Waals surface area contributed by atoms with E-state index in [-0.39, 0.29) is 76.7 Å². The number of nitrogens with two attached hydrogens (primary N) is 1. The van der Waals surface area contributed by atoms with Gasteiger partial charge in [0, 0.05) is 57.8 Å². The van der Waals surface area contributed by atoms with E-state index in [2.05, 4.69) is 26.6 Å². The molecule has 2 heterocycles. The molecule has 0 saturated carbocycles. The van der Waals surface area contributed by atoms with Crippen LogP contribution in [0.5, 0.6) is 0 Å². The van der Waals surface area contributed by atoms with Gasteiger partial charge in [-0.1, -0.05) is 110 Å². The summed E-state index contributed by atoms with van der Waals surface area (Å²) < 4.78 is 5.37. The Hall–Kier alpha value is -7.17. The second-order valence-electron chi connectivity index (χ2n) is 17.7. The van der Waals surface area contributed by atoms with Crippen molar-refractivity contribution in [3.05, 3.63) is 143 Å². The molecule has 16 nitrogen and oxygen atoms in total. The fourth-order valence-electron chi connectivity index (χ4n) is 8.79. The first-order valence-corrected chi connectivity index (χ1v) is 23.5. The third kappa shape index (κ3) is 15.2. The number of aliphatic carboxylic acids is 1. The number of ether oxygens (including phenoxy) is 1. The summed E-state index contributed by atoms with van der Waals surface area (Å²) in [4.78, 5) is 96.0. The number of piperidine rings is 1. The van der Waals surface area contributed by atoms with Crippen LogP contribution in [0, 0.1) is 5.41 Å². The molecule has 1 fully saturated rings. The highest BCUT2D eigenvalue weighted by molar-refractivity contribution is 5.97. The fraction of sp³-hybridized carbons (Fsp3) is 0.377. The normalized spacial score (nSPS) is 20.6. The van der Waals surface area contributed by atoms with Crippen LogP contribution < -0.4 is 32.3 Å². The number of carbonyl (C=O) groups excluding carboxylic acids is 6. The van der Waals surface area contributed by atoms with Crippen LogP contribution in [-0.4, -0.2) is 109 Å². The number of nitrogens with one attached hydrogen (secondary N) is 5. The van der Waals surface area contributed by atoms with Gasteiger partial charge in [0.1, 0.15) is 12.1 Å². The summed E-state index contributed by atoms with van der Waals surface area (Å²) >= 11 is 0. The van der Waals surface area contributed by atoms with Crippen LogP contribution in [0.2, 0.25) is 0 Å². The van der Waals surface area contributed by atoms with Crippen molar-refractivity contribution in [1.82, 2.24) is 31.5 Å². The zero-order valence-electron chi connectivity index (χ0n) is 39.0. The predicted octanol–water partition coefficient (Wildman–Crippen LogP) is 3.32. The minimum absolute atomic E-state index is 0.00215. The van der Waals surface area contributed by atoms with Gasteiger partial charge in [-0.25, -0.2) is 0 Å². The van der Waals surface area contributed by atoms with Gasteiger partial charge in [-0.2, -0.15) is 0 Å². The molecule has 364 valence electrons. The number of benzene rings is 4. The molecule has 1 saturated heterocycles. The maximum absolute atomic E-state index is 15.0. The topological polar surface area (TPSA) is 238 Å². The smallest absolute Gasteiger partial charge is 0.303 e. The summed E-state index contributed by atoms with van der Waals surface area (Å²) in [6.45, 7) is 3.33. The summed E-state index contributed by atoms with van der Waals surface area (Å²) in [5.41, 5.74) is 10.0. The predicted molar refractivity (Wildman–Crippen MR) is 260 cm³/mol. The first kappa shape index (κ1) is 51.2. The van der Waals surface area contributed by atoms with Crippen molar-refractivity contribution in [3.63, 3.8) is 0 Å². The lowest BCUT2D eigenvalue weighted by Gasteiger charge is -2.42. The molecule has 69 heavy (non-hydrogen) atoms. The van der Waals surface area contributed by atoms with Gasteiger partial charge in [-0.3, -0.25) is 33.6 Å². The second kappa shape index (κ2) is 25.3. The van der Waals surface area contributed by atoms with Gasteiger partial charge < -0.3 is 47.1 Å². The summed E-state index contributed by atoms with van der Waals surface area (Å²) in [6, 6.07) is 30.0. The van der Waals surface area contributed by atoms with Crippen molar-refractivity contribution in [3.8, 4) is 11.1 Å². The molecule has 2 aliphatic heterocycles. The van der Waals surface area contributed by atoms with Crippen LogP contribution in [-0.2, 0) is 64.1 Å². The van der Waals surface area contributed by atoms with Gasteiger partial charge in [-0.15, -0.1) is 0 Å². The lowest BCUT2D eigenvalue weighted by molar-refractivity contribution is -0.142. The highest BCUT2D eigenvalue weighted by Gasteiger charge is 2.44. The minimum atomic E-state index is -1.13. The van der Waals surface area contributed by atoms with E-state index in [4.69, 9.17) is 10.5 Å². The Kier molecular flexibility index (Phi) is 18.8. The number of carboxylic acid groups (broad SMARTS) is 1. The van der Waals surface area contributed by atoms with Crippen molar-refractivity contribution in [2.24, 2.45) is 11.1 Å². The van der Waals surface area contributed by atoms with Crippen LogP contribution in [0.15, 0.2) is 115 Å². The Morgan fingerprint density at radius 3 is 2.25 bits per heavy atom. The van der Waals surface area contributed by atoms with Crippen LogP contribution in [0.3, 0.4) is 0 Å². The van der Waals surface area contributed by atoms with Gasteiger partial charge in [0.25, 0.3) is 0 Å². The van der Waals surface area contributed by atoms with Crippen molar-refractivity contribution >= 4 is 41.4 Å². The molecule has 0 aliphatic carbocycles. The molecule has 0 aromatic heterocycles. The van der Waals surface area contributed by atoms with E-state index in [0.29, 0.717) is 43.7 Å². The van der Waals surface area contributed by atoms with Crippen LogP contribution >= 0.6 is 0 Å². The summed E-state index contributed by atoms with van der Waals surface area (Å²) in [5, 5.41) is 23.6. The minimum Gasteiger partial charge on any atom is -0.481 e. The molecule has 6 rings (SSSR count). The van der Waals surface area contributed by atoms with Crippen molar-refractivity contribution in [2.75, 3.05) is 45.9 Å². The summed E-state index contributed by atoms with van der Waals surface area (Å²) in [7, 11) is 0. The van der Waals surface area contributed by atoms with E-state index >= 15 is 0 Å². The summed E-state index contributed by atoms with van der Waals surface area (Å²) in [5.74, 6) is -3.83. The first-order valence-electron chi connectivity index (χ1n) is 23.5. The van der Waals surface area contributed by atoms with Crippen LogP contribution in [0.1, 0.15) is 66.3 Å². The molecule has 6 amide bonds. The van der Waals surface area contributed by atoms with E-state index in [9.17, 15) is 38.7 Å². The number of rotatable bonds is 14. The molecule has 4 aromatic rings. The van der Waals surface area contributed by atoms with Crippen molar-refractivity contribution < 1.29 is 43.4 Å². The SMILES string of the molecule is C[C@H](CC(=O)O)c1ccc(-c2ccc(C[C@@H]3NC(=O)[C@]4(Cc5ccccc5)CCCN(C4)C(=O)/C=C/C(=O)NCC[C@@H](C(=O)NCCOCCN)NC(=O)Cc4ccccc4CNC3=O)cc2)cc1. The van der Waals surface area contributed by atoms with Crippen molar-refractivity contribution in [1.29, 1.82) is 0 Å². The van der Waals surface area contributed by atoms with E-state index in [0.717, 1.165) is 40.0 Å². The number of carbonyl (C=O) groups is 7. The average Bonchev–Trinajstić information content (AvgIpc) is 3.34. The molecule has 2 bridgehead atoms. The number of hydrogen-bond acceptors (Lipinski definition) is 9. The Balaban J connectivity index is 1.29. The maximum Gasteiger partial charge on any atom is 0.303 e. The van der Waals surface area contributed by atoms with E-state index in [1.165, 1.54) is 0 Å². The lowest BCUT2D eigenvalue weighted by Crippen LogP contribution is -2.58. The van der Waals surface area contributed by atoms with Crippen molar-refractivity contribution in [2.45, 2.75) is 76.4 Å². The molecular formula is C53H63N7O9. The van der Waals surface area contributed by atoms with E-state index in [1.807, 2.05) is 85.8 Å². The Labute approximate surface area is 402 Å². The zero-order valence-corrected chi connectivity index (χ0v) is 39.0. The summed E-state index contributed by atoms with van der Waals surface area (Å²) in [6.07, 6.45) is 3.57. The monoisotopic (exact) mass is 941 g/mol. The quantitative estimate of drug-likeness (QED) is 0.0911. The van der Waals surface area contributed by atoms with Gasteiger partial charge in [0.15, 0.2) is 0 Å². The average molecular weight is 942 g/mol. The third-order valence-electron chi connectivity index (χ3n) is 12.6. The number of amides is 6. The number of nitrogens with zero attached hydrogens (tertiary/aromatic N) is 1. The molecule has 0 unspecified atom stereocenters. The Bertz CT molecular complexity index is 2450. The Morgan fingerprint density at radius 2 is 1.54 bits per heavy atom. The largest absolute Gasteiger partial charge is 0.481 e. The molecule has 0 spiro atoms. The number of carboxylic acids is 1. The third-order valence-corrected chi connectivity index (χ3v) is 12.6. The molecule has 8 N–H and O–H groups in total. The van der Waals surface area contributed by atoms with Crippen LogP contribution in [0.25, 0.3) is 11.1 Å². The van der Waals surface area contributed by atoms with Gasteiger partial charge in [-0.05, 0) is 70.5 Å². The molecule has 0 radical (unpaired) electrons. The highest BCUT2D eigenvalue weighted by atomic mass is 16.5. The Morgan fingerprint density at radius 1 is 0.841 bits per heavy atom. The van der Waals surface area contributed by atoms with Gasteiger partial charge in [0.2, 0.25) is 35.4 Å². The van der Waals surface area contributed by atoms with Gasteiger partial charge >= 0.3 is 5.97 Å². The van der Waals surface area contributed by atoms with E-state index in [1.54, 1.807) is 29.2 Å². The standard InChI is InChI=1S/C53H63N7O9/c1-36(30-49(64)65)39-16-18-41(19-17-39)40-14-12-37(13-15-40)31-45-51(67)57-34-43-11-6-5-10-42(43)32-47(62)58-44(50(66)56-26-29-69-28-24-54)22-25-55-46(61)20-21-48(63)60-27-7-23-53(35-60,52(68)59-45)33-38-8-3-2-4-9-38/h2-6,8-21,36,44-45H,7,22-35,54H2,1H3,(H,55,61)(H,56,66)(H,57,67)(H,58,62)(H,59,68)(H,64,65)/b21-20+/t36-,44+,45+,53+/m1/s1. The number of hydrogen-bond donors (Lipinski definition) is 7. The highest BCUT2D eigenvalue weighted by Crippen LogP contribution is 2.35. The maximum atomic E-state index is 15.0. The molecular weight excluding hydrogens is 879 g/mol. The van der Waals surface area contributed by atoms with Crippen LogP contribution in [0.4, 0.5) is 0 Å². The lowest BCUT2D eigenvalue weighted by atomic mass is 9.74. The molecule has 2 aliphatic rings. The molecule has 4 atom stereocenters. The van der Waals surface area contributed by atoms with Gasteiger partial charge in [0.05, 0.1) is 31.5 Å². The zero-order chi connectivity index (χ0) is 49.2. The second-order valence-corrected chi connectivity index (χ2v) is 17.7. The first-order chi connectivity index (χ1) is 33.3. The molecule has 4 aromatic carbocycles.